The molecule has 1 fully saturated rings. The smallest absolute Gasteiger partial charge is 0.223 e. The number of carbonyl (C=O) groups is 1. The third kappa shape index (κ3) is 4.99. The van der Waals surface area contributed by atoms with Crippen molar-refractivity contribution < 1.29 is 13.2 Å². The molecule has 1 aliphatic heterocycles. The van der Waals surface area contributed by atoms with Crippen LogP contribution in [-0.4, -0.2) is 54.3 Å². The molecule has 28 heavy (non-hydrogen) atoms. The minimum atomic E-state index is -3.16. The van der Waals surface area contributed by atoms with Crippen molar-refractivity contribution in [2.24, 2.45) is 5.92 Å². The van der Waals surface area contributed by atoms with Crippen LogP contribution in [0.2, 0.25) is 0 Å². The molecule has 0 atom stereocenters. The summed E-state index contributed by atoms with van der Waals surface area (Å²) in [7, 11) is -3.16. The van der Waals surface area contributed by atoms with Crippen LogP contribution in [0.5, 0.6) is 0 Å². The summed E-state index contributed by atoms with van der Waals surface area (Å²) in [5, 5.41) is 7.47. The summed E-state index contributed by atoms with van der Waals surface area (Å²) in [6, 6.07) is 10.2. The number of aromatic nitrogens is 2. The Morgan fingerprint density at radius 3 is 2.36 bits per heavy atom. The SMILES string of the molecule is Cc1cc(C)n(-c2ccc(CCNC(=O)C3CCN(S(C)(=O)=O)CC3)cc2)n1. The molecule has 1 N–H and O–H groups in total. The van der Waals surface area contributed by atoms with Gasteiger partial charge in [0.15, 0.2) is 0 Å². The van der Waals surface area contributed by atoms with E-state index in [1.807, 2.05) is 36.7 Å². The molecule has 0 spiro atoms. The predicted molar refractivity (Wildman–Crippen MR) is 109 cm³/mol. The Labute approximate surface area is 166 Å². The van der Waals surface area contributed by atoms with Gasteiger partial charge in [0, 0.05) is 31.2 Å². The predicted octanol–water partition coefficient (Wildman–Crippen LogP) is 1.82. The summed E-state index contributed by atoms with van der Waals surface area (Å²) in [6.07, 6.45) is 3.13. The molecule has 8 heteroatoms. The van der Waals surface area contributed by atoms with Crippen molar-refractivity contribution in [3.8, 4) is 5.69 Å². The molecule has 1 aromatic heterocycles. The fraction of sp³-hybridized carbons (Fsp3) is 0.500. The van der Waals surface area contributed by atoms with Crippen molar-refractivity contribution in [1.29, 1.82) is 0 Å². The number of amides is 1. The van der Waals surface area contributed by atoms with Gasteiger partial charge < -0.3 is 5.32 Å². The van der Waals surface area contributed by atoms with Crippen LogP contribution >= 0.6 is 0 Å². The fourth-order valence-electron chi connectivity index (χ4n) is 3.62. The lowest BCUT2D eigenvalue weighted by Crippen LogP contribution is -2.42. The highest BCUT2D eigenvalue weighted by Gasteiger charge is 2.28. The average molecular weight is 405 g/mol. The molecule has 1 aromatic carbocycles. The maximum Gasteiger partial charge on any atom is 0.223 e. The van der Waals surface area contributed by atoms with Gasteiger partial charge in [-0.3, -0.25) is 4.79 Å². The Hall–Kier alpha value is -2.19. The van der Waals surface area contributed by atoms with E-state index < -0.39 is 10.0 Å². The highest BCUT2D eigenvalue weighted by molar-refractivity contribution is 7.88. The van der Waals surface area contributed by atoms with E-state index in [1.54, 1.807) is 0 Å². The van der Waals surface area contributed by atoms with Crippen LogP contribution in [-0.2, 0) is 21.2 Å². The summed E-state index contributed by atoms with van der Waals surface area (Å²) >= 11 is 0. The molecule has 2 heterocycles. The van der Waals surface area contributed by atoms with Crippen LogP contribution in [0.3, 0.4) is 0 Å². The lowest BCUT2D eigenvalue weighted by molar-refractivity contribution is -0.126. The second kappa shape index (κ2) is 8.45. The van der Waals surface area contributed by atoms with E-state index in [4.69, 9.17) is 0 Å². The molecule has 1 aliphatic rings. The minimum Gasteiger partial charge on any atom is -0.356 e. The highest BCUT2D eigenvalue weighted by Crippen LogP contribution is 2.19. The van der Waals surface area contributed by atoms with Crippen LogP contribution in [0.15, 0.2) is 30.3 Å². The first-order valence-corrected chi connectivity index (χ1v) is 11.4. The Balaban J connectivity index is 1.46. The Morgan fingerprint density at radius 1 is 1.18 bits per heavy atom. The fourth-order valence-corrected chi connectivity index (χ4v) is 4.49. The zero-order valence-electron chi connectivity index (χ0n) is 16.7. The molecule has 1 saturated heterocycles. The van der Waals surface area contributed by atoms with Gasteiger partial charge in [-0.15, -0.1) is 0 Å². The van der Waals surface area contributed by atoms with Gasteiger partial charge in [0.1, 0.15) is 0 Å². The van der Waals surface area contributed by atoms with E-state index in [9.17, 15) is 13.2 Å². The second-order valence-electron chi connectivity index (χ2n) is 7.48. The Morgan fingerprint density at radius 2 is 1.82 bits per heavy atom. The number of rotatable bonds is 6. The molecular weight excluding hydrogens is 376 g/mol. The van der Waals surface area contributed by atoms with E-state index in [0.717, 1.165) is 29.1 Å². The summed E-state index contributed by atoms with van der Waals surface area (Å²) in [5.41, 5.74) is 4.26. The average Bonchev–Trinajstić information content (AvgIpc) is 3.00. The molecule has 152 valence electrons. The first-order valence-electron chi connectivity index (χ1n) is 9.59. The second-order valence-corrected chi connectivity index (χ2v) is 9.47. The van der Waals surface area contributed by atoms with Gasteiger partial charge in [-0.05, 0) is 56.9 Å². The van der Waals surface area contributed by atoms with Crippen molar-refractivity contribution in [1.82, 2.24) is 19.4 Å². The van der Waals surface area contributed by atoms with Crippen LogP contribution < -0.4 is 5.32 Å². The molecule has 0 saturated carbocycles. The first-order chi connectivity index (χ1) is 13.2. The summed E-state index contributed by atoms with van der Waals surface area (Å²) in [5.74, 6) is -0.0844. The number of hydrogen-bond donors (Lipinski definition) is 1. The lowest BCUT2D eigenvalue weighted by Gasteiger charge is -2.29. The molecule has 0 unspecified atom stereocenters. The van der Waals surface area contributed by atoms with Crippen molar-refractivity contribution in [3.05, 3.63) is 47.3 Å². The number of nitrogens with one attached hydrogen (secondary N) is 1. The molecule has 2 aromatic rings. The van der Waals surface area contributed by atoms with Crippen LogP contribution in [0.25, 0.3) is 5.69 Å². The quantitative estimate of drug-likeness (QED) is 0.796. The van der Waals surface area contributed by atoms with Gasteiger partial charge in [0.25, 0.3) is 0 Å². The van der Waals surface area contributed by atoms with E-state index in [-0.39, 0.29) is 11.8 Å². The third-order valence-electron chi connectivity index (χ3n) is 5.20. The number of nitrogens with zero attached hydrogens (tertiary/aromatic N) is 3. The number of hydrogen-bond acceptors (Lipinski definition) is 4. The van der Waals surface area contributed by atoms with Crippen LogP contribution in [0.1, 0.15) is 29.8 Å². The van der Waals surface area contributed by atoms with Crippen molar-refractivity contribution >= 4 is 15.9 Å². The lowest BCUT2D eigenvalue weighted by atomic mass is 9.97. The normalized spacial score (nSPS) is 16.2. The standard InChI is InChI=1S/C20H28N4O3S/c1-15-14-16(2)24(22-15)19-6-4-17(5-7-19)8-11-21-20(25)18-9-12-23(13-10-18)28(3,26)27/h4-7,14,18H,8-13H2,1-3H3,(H,21,25). The summed E-state index contributed by atoms with van der Waals surface area (Å²) < 4.78 is 26.5. The third-order valence-corrected chi connectivity index (χ3v) is 6.50. The van der Waals surface area contributed by atoms with E-state index in [1.165, 1.54) is 10.6 Å². The maximum absolute atomic E-state index is 12.3. The number of carbonyl (C=O) groups excluding carboxylic acids is 1. The first kappa shape index (κ1) is 20.5. The number of piperidine rings is 1. The Kier molecular flexibility index (Phi) is 6.20. The zero-order chi connectivity index (χ0) is 20.3. The number of benzene rings is 1. The van der Waals surface area contributed by atoms with Crippen molar-refractivity contribution in [2.45, 2.75) is 33.1 Å². The van der Waals surface area contributed by atoms with Crippen molar-refractivity contribution in [3.63, 3.8) is 0 Å². The topological polar surface area (TPSA) is 84.3 Å². The van der Waals surface area contributed by atoms with E-state index in [2.05, 4.69) is 22.5 Å². The van der Waals surface area contributed by atoms with Crippen LogP contribution in [0, 0.1) is 19.8 Å². The van der Waals surface area contributed by atoms with Gasteiger partial charge in [-0.25, -0.2) is 17.4 Å². The summed E-state index contributed by atoms with van der Waals surface area (Å²) in [6.45, 7) is 5.43. The van der Waals surface area contributed by atoms with E-state index >= 15 is 0 Å². The van der Waals surface area contributed by atoms with Crippen molar-refractivity contribution in [2.75, 3.05) is 25.9 Å². The van der Waals surface area contributed by atoms with Gasteiger partial charge in [0.05, 0.1) is 17.6 Å². The van der Waals surface area contributed by atoms with Gasteiger partial charge in [-0.2, -0.15) is 5.10 Å². The van der Waals surface area contributed by atoms with Gasteiger partial charge in [0.2, 0.25) is 15.9 Å². The molecule has 1 amide bonds. The molecule has 0 radical (unpaired) electrons. The maximum atomic E-state index is 12.3. The molecule has 3 rings (SSSR count). The van der Waals surface area contributed by atoms with Gasteiger partial charge >= 0.3 is 0 Å². The number of aryl methyl sites for hydroxylation is 2. The van der Waals surface area contributed by atoms with Gasteiger partial charge in [-0.1, -0.05) is 12.1 Å². The van der Waals surface area contributed by atoms with E-state index in [0.29, 0.717) is 32.5 Å². The molecule has 0 bridgehead atoms. The minimum absolute atomic E-state index is 0.0208. The Bertz CT molecular complexity index is 927. The van der Waals surface area contributed by atoms with Crippen LogP contribution in [0.4, 0.5) is 0 Å². The monoisotopic (exact) mass is 404 g/mol. The number of sulfonamides is 1. The highest BCUT2D eigenvalue weighted by atomic mass is 32.2. The molecular formula is C20H28N4O3S. The molecule has 0 aliphatic carbocycles. The molecule has 7 nitrogen and oxygen atoms in total. The largest absolute Gasteiger partial charge is 0.356 e. The summed E-state index contributed by atoms with van der Waals surface area (Å²) in [4.78, 5) is 12.3. The zero-order valence-corrected chi connectivity index (χ0v) is 17.5.